The fraction of sp³-hybridized carbons (Fsp3) is 0.582. The molecule has 7 heterocycles. The van der Waals surface area contributed by atoms with Gasteiger partial charge in [0.25, 0.3) is 5.88 Å². The summed E-state index contributed by atoms with van der Waals surface area (Å²) in [5.74, 6) is 10.2. The second-order valence-electron chi connectivity index (χ2n) is 27.0. The van der Waals surface area contributed by atoms with Crippen LogP contribution in [0.2, 0.25) is 26.6 Å². The largest absolute Gasteiger partial charge is 0.478 e. The van der Waals surface area contributed by atoms with Crippen LogP contribution < -0.4 is 14.2 Å². The van der Waals surface area contributed by atoms with Gasteiger partial charge < -0.3 is 28.5 Å². The summed E-state index contributed by atoms with van der Waals surface area (Å²) >= 11 is -5.50. The summed E-state index contributed by atoms with van der Waals surface area (Å²) in [6, 6.07) is 12.8. The smallest absolute Gasteiger partial charge is 0.409 e. The number of nitrogens with zero attached hydrogens (tertiary/aromatic N) is 7. The van der Waals surface area contributed by atoms with E-state index in [9.17, 15) is 19.2 Å². The molecular formula is C79H113N7O14Sn2. The van der Waals surface area contributed by atoms with E-state index in [1.165, 1.54) is 115 Å². The molecule has 4 aliphatic rings. The summed E-state index contributed by atoms with van der Waals surface area (Å²) in [4.78, 5) is 53.3. The molecule has 4 aliphatic heterocycles. The molecule has 6 aromatic rings. The number of benzene rings is 3. The Morgan fingerprint density at radius 1 is 0.500 bits per heavy atom. The monoisotopic (exact) mass is 1620 g/mol. The Bertz CT molecular complexity index is 3810. The third-order valence-electron chi connectivity index (χ3n) is 19.8. The van der Waals surface area contributed by atoms with E-state index < -0.39 is 36.8 Å². The van der Waals surface area contributed by atoms with Gasteiger partial charge in [0, 0.05) is 31.5 Å². The molecule has 4 saturated heterocycles. The van der Waals surface area contributed by atoms with Crippen molar-refractivity contribution in [3.63, 3.8) is 0 Å². The van der Waals surface area contributed by atoms with E-state index in [1.807, 2.05) is 28.9 Å². The van der Waals surface area contributed by atoms with Gasteiger partial charge in [0.15, 0.2) is 5.58 Å². The number of methoxy groups -OCH3 is 3. The molecule has 4 fully saturated rings. The van der Waals surface area contributed by atoms with E-state index in [0.717, 1.165) is 75.5 Å². The first-order chi connectivity index (χ1) is 49.5. The van der Waals surface area contributed by atoms with Crippen molar-refractivity contribution in [3.05, 3.63) is 79.4 Å². The number of fused-ring (bicyclic) bond motifs is 3. The van der Waals surface area contributed by atoms with Crippen LogP contribution in [0.1, 0.15) is 178 Å². The minimum atomic E-state index is -2.79. The maximum atomic E-state index is 12.2. The van der Waals surface area contributed by atoms with E-state index in [4.69, 9.17) is 48.4 Å². The van der Waals surface area contributed by atoms with E-state index in [0.29, 0.717) is 102 Å². The second kappa shape index (κ2) is 42.5. The summed E-state index contributed by atoms with van der Waals surface area (Å²) in [6.07, 6.45) is 27.5. The number of aryl methyl sites for hydroxylation is 3. The third kappa shape index (κ3) is 22.6. The maximum Gasteiger partial charge on any atom is 0.409 e. The van der Waals surface area contributed by atoms with Crippen molar-refractivity contribution in [2.24, 2.45) is 0 Å². The molecule has 10 rings (SSSR count). The number of carbonyl (C=O) groups excluding carboxylic acids is 4. The molecule has 556 valence electrons. The zero-order valence-electron chi connectivity index (χ0n) is 63.1. The minimum absolute atomic E-state index is 0.160. The van der Waals surface area contributed by atoms with Gasteiger partial charge in [-0.15, -0.1) is 12.3 Å². The number of hydrogen-bond acceptors (Lipinski definition) is 17. The molecule has 4 amide bonds. The maximum absolute atomic E-state index is 12.2. The molecule has 0 aliphatic carbocycles. The van der Waals surface area contributed by atoms with Gasteiger partial charge in [0.2, 0.25) is 0 Å². The van der Waals surface area contributed by atoms with Gasteiger partial charge in [-0.25, -0.2) is 9.59 Å². The first-order valence-electron chi connectivity index (χ1n) is 37.3. The molecule has 0 saturated carbocycles. The van der Waals surface area contributed by atoms with Crippen LogP contribution in [0.4, 0.5) is 19.2 Å². The fourth-order valence-corrected chi connectivity index (χ4v) is 48.1. The topological polar surface area (TPSA) is 224 Å². The number of hydrogen-bond donors (Lipinski definition) is 0. The van der Waals surface area contributed by atoms with Crippen molar-refractivity contribution in [2.45, 2.75) is 192 Å². The number of cyclic esters (lactones) is 4. The molecule has 0 spiro atoms. The van der Waals surface area contributed by atoms with Crippen molar-refractivity contribution < 1.29 is 65.9 Å². The van der Waals surface area contributed by atoms with Gasteiger partial charge in [-0.3, -0.25) is 0 Å². The van der Waals surface area contributed by atoms with E-state index in [2.05, 4.69) is 130 Å². The standard InChI is InChI=1S/2C16H17N2O4.C16H16N2O4.C7H9NO2.6C4H9.2Sn/c3*1-11-9-12(10-13-14(11)22-17-15(13)20-2)5-3-4-6-18-7-8-21-16(18)19;1-2-3-4-8-5-6-10-7(8)9;6*1-3-4-2;;/h5,9-10H,4,6-8H2,1-2H3;3,9-10H,4,6-8H2,1-2H3;9-10H,4,6-8H2,1-2H3;1H,3-6H2;6*1,3-4H2,2H3;;. The molecule has 0 N–H and O–H groups in total. The quantitative estimate of drug-likeness (QED) is 0.0205. The van der Waals surface area contributed by atoms with Crippen LogP contribution in [0.3, 0.4) is 0 Å². The van der Waals surface area contributed by atoms with Crippen molar-refractivity contribution in [1.82, 2.24) is 35.1 Å². The average molecular weight is 1620 g/mol. The van der Waals surface area contributed by atoms with E-state index >= 15 is 0 Å². The minimum Gasteiger partial charge on any atom is -0.478 e. The molecule has 0 bridgehead atoms. The molecule has 0 unspecified atom stereocenters. The average Bonchev–Trinajstić information content (AvgIpc) is 1.37. The molecular weight excluding hydrogens is 1510 g/mol. The van der Waals surface area contributed by atoms with Gasteiger partial charge in [-0.05, 0) is 29.8 Å². The third-order valence-corrected chi connectivity index (χ3v) is 51.9. The summed E-state index contributed by atoms with van der Waals surface area (Å²) < 4.78 is 64.2. The van der Waals surface area contributed by atoms with Gasteiger partial charge in [-0.2, -0.15) is 0 Å². The Kier molecular flexibility index (Phi) is 34.2. The molecule has 23 heteroatoms. The van der Waals surface area contributed by atoms with Crippen molar-refractivity contribution in [2.75, 3.05) is 100 Å². The summed E-state index contributed by atoms with van der Waals surface area (Å²) in [5.41, 5.74) is 8.82. The number of terminal acetylenes is 1. The molecule has 0 atom stereocenters. The number of aromatic nitrogens is 3. The van der Waals surface area contributed by atoms with Gasteiger partial charge in [0.05, 0.1) is 25.6 Å². The number of unbranched alkanes of at least 4 members (excludes halogenated alkanes) is 6. The van der Waals surface area contributed by atoms with Crippen LogP contribution in [0.25, 0.3) is 42.6 Å². The van der Waals surface area contributed by atoms with Gasteiger partial charge >= 0.3 is 444 Å². The van der Waals surface area contributed by atoms with Crippen LogP contribution in [-0.4, -0.2) is 196 Å². The van der Waals surface area contributed by atoms with Crippen LogP contribution in [0.5, 0.6) is 17.6 Å². The zero-order valence-corrected chi connectivity index (χ0v) is 68.8. The second-order valence-corrected chi connectivity index (χ2v) is 53.6. The Morgan fingerprint density at radius 2 is 0.892 bits per heavy atom. The molecule has 3 aromatic carbocycles. The van der Waals surface area contributed by atoms with Crippen LogP contribution in [0, 0.1) is 45.0 Å². The summed E-state index contributed by atoms with van der Waals surface area (Å²) in [7, 11) is 4.84. The predicted octanol–water partition coefficient (Wildman–Crippen LogP) is 18.3. The Balaban J connectivity index is 0.000000204. The summed E-state index contributed by atoms with van der Waals surface area (Å²) in [6.45, 7) is 27.4. The molecule has 21 nitrogen and oxygen atoms in total. The number of rotatable bonds is 35. The molecule has 3 aromatic heterocycles. The normalized spacial score (nSPS) is 14.7. The van der Waals surface area contributed by atoms with Crippen LogP contribution in [0.15, 0.2) is 59.6 Å². The van der Waals surface area contributed by atoms with Crippen molar-refractivity contribution in [3.8, 4) is 41.8 Å². The number of amides is 4. The Hall–Kier alpha value is -7.25. The van der Waals surface area contributed by atoms with E-state index in [1.54, 1.807) is 38.3 Å². The van der Waals surface area contributed by atoms with Crippen molar-refractivity contribution >= 4 is 104 Å². The number of carbonyl (C=O) groups is 4. The van der Waals surface area contributed by atoms with Crippen molar-refractivity contribution in [1.29, 1.82) is 0 Å². The van der Waals surface area contributed by atoms with E-state index in [-0.39, 0.29) is 24.4 Å². The first kappa shape index (κ1) is 82.0. The summed E-state index contributed by atoms with van der Waals surface area (Å²) in [5, 5.41) is 14.8. The van der Waals surface area contributed by atoms with Crippen LogP contribution >= 0.6 is 0 Å². The zero-order chi connectivity index (χ0) is 73.4. The molecule has 0 radical (unpaired) electrons. The predicted molar refractivity (Wildman–Crippen MR) is 408 cm³/mol. The fourth-order valence-electron chi connectivity index (χ4n) is 14.1. The van der Waals surface area contributed by atoms with Crippen LogP contribution in [-0.2, 0) is 18.9 Å². The Labute approximate surface area is 613 Å². The SMILES string of the molecule is C#CCCN1CCOC1=O.CCC[CH2][Sn]([CH2]CCC)([CH2]CCC)/[C](=C/CCN1CCOC1=O)c1cc(C)c2onc(OC)c2c1.CCC[CH2][Sn]([CH2]CCC)([CH2]CCC)/[C](=C/c1cc(C)c2onc(OC)c2c1)CCN1CCOC1=O.COc1noc2c(C)cc(C#CCCN3CCOC3=O)cc12. The number of ether oxygens (including phenoxy) is 7. The first-order valence-corrected chi connectivity index (χ1v) is 52.3. The Morgan fingerprint density at radius 3 is 1.31 bits per heavy atom. The van der Waals surface area contributed by atoms with Gasteiger partial charge in [0.1, 0.15) is 13.2 Å². The van der Waals surface area contributed by atoms with Gasteiger partial charge in [-0.1, -0.05) is 11.8 Å². The molecule has 102 heavy (non-hydrogen) atoms.